The average molecular weight is 322 g/mol. The van der Waals surface area contributed by atoms with Gasteiger partial charge in [-0.2, -0.15) is 0 Å². The van der Waals surface area contributed by atoms with Gasteiger partial charge in [-0.15, -0.1) is 10.2 Å². The summed E-state index contributed by atoms with van der Waals surface area (Å²) >= 11 is 14.6. The fourth-order valence-corrected chi connectivity index (χ4v) is 3.19. The summed E-state index contributed by atoms with van der Waals surface area (Å²) in [6.07, 6.45) is 0. The third kappa shape index (κ3) is 2.97. The van der Waals surface area contributed by atoms with Gasteiger partial charge in [-0.3, -0.25) is 0 Å². The number of anilines is 2. The second kappa shape index (κ2) is 5.48. The maximum absolute atomic E-state index is 6.04. The summed E-state index contributed by atoms with van der Waals surface area (Å²) in [5.74, 6) is 0.251. The van der Waals surface area contributed by atoms with E-state index in [1.165, 1.54) is 23.1 Å². The third-order valence-electron chi connectivity index (χ3n) is 1.89. The lowest BCUT2D eigenvalue weighted by Gasteiger charge is -2.04. The van der Waals surface area contributed by atoms with Crippen LogP contribution < -0.4 is 10.6 Å². The van der Waals surface area contributed by atoms with Crippen molar-refractivity contribution in [3.63, 3.8) is 0 Å². The number of nitrogen functional groups attached to an aromatic ring is 1. The first kappa shape index (κ1) is 13.7. The fourth-order valence-electron chi connectivity index (χ4n) is 1.04. The Kier molecular flexibility index (Phi) is 4.16. The number of aromatic nitrogens is 3. The summed E-state index contributed by atoms with van der Waals surface area (Å²) < 4.78 is 0.745. The lowest BCUT2D eigenvalue weighted by atomic mass is 10.5. The Bertz CT molecular complexity index is 572. The number of hydrogen-bond acceptors (Lipinski definition) is 7. The van der Waals surface area contributed by atoms with Crippen molar-refractivity contribution >= 4 is 57.2 Å². The molecule has 5 nitrogen and oxygen atoms in total. The van der Waals surface area contributed by atoms with Gasteiger partial charge in [0.15, 0.2) is 4.34 Å². The normalized spacial score (nSPS) is 10.7. The minimum absolute atomic E-state index is 0.251. The van der Waals surface area contributed by atoms with Crippen LogP contribution in [-0.4, -0.2) is 29.3 Å². The Balaban J connectivity index is 2.25. The molecule has 2 N–H and O–H groups in total. The van der Waals surface area contributed by atoms with Gasteiger partial charge >= 0.3 is 0 Å². The van der Waals surface area contributed by atoms with E-state index in [1.807, 2.05) is 19.0 Å². The molecule has 0 aliphatic carbocycles. The molecule has 2 aromatic heterocycles. The van der Waals surface area contributed by atoms with Crippen molar-refractivity contribution < 1.29 is 0 Å². The van der Waals surface area contributed by atoms with Gasteiger partial charge in [0.25, 0.3) is 0 Å². The summed E-state index contributed by atoms with van der Waals surface area (Å²) in [7, 11) is 3.81. The molecule has 0 saturated heterocycles. The van der Waals surface area contributed by atoms with E-state index < -0.39 is 0 Å². The van der Waals surface area contributed by atoms with Gasteiger partial charge in [-0.1, -0.05) is 34.5 Å². The highest BCUT2D eigenvalue weighted by Gasteiger charge is 2.12. The van der Waals surface area contributed by atoms with Crippen molar-refractivity contribution in [2.24, 2.45) is 0 Å². The first-order valence-corrected chi connectivity index (χ1v) is 7.16. The molecule has 0 fully saturated rings. The molecule has 96 valence electrons. The van der Waals surface area contributed by atoms with Crippen molar-refractivity contribution in [1.29, 1.82) is 0 Å². The number of hydrogen-bond donors (Lipinski definition) is 1. The second-order valence-corrected chi connectivity index (χ2v) is 6.50. The molecule has 2 aromatic rings. The Labute approximate surface area is 122 Å². The molecule has 0 aliphatic rings. The molecule has 0 amide bonds. The minimum Gasteiger partial charge on any atom is -0.382 e. The van der Waals surface area contributed by atoms with Crippen LogP contribution in [-0.2, 0) is 0 Å². The van der Waals surface area contributed by atoms with Gasteiger partial charge < -0.3 is 10.6 Å². The predicted molar refractivity (Wildman–Crippen MR) is 77.0 cm³/mol. The van der Waals surface area contributed by atoms with Gasteiger partial charge in [-0.25, -0.2) is 4.98 Å². The average Bonchev–Trinajstić information content (AvgIpc) is 2.74. The molecule has 9 heteroatoms. The van der Waals surface area contributed by atoms with Crippen molar-refractivity contribution in [1.82, 2.24) is 15.2 Å². The van der Waals surface area contributed by atoms with Crippen LogP contribution in [0.25, 0.3) is 0 Å². The SMILES string of the molecule is CN(C)c1nnc(Sc2nc(N)c(Cl)cc2Cl)s1. The monoisotopic (exact) mass is 321 g/mol. The molecule has 0 saturated carbocycles. The molecule has 2 heterocycles. The molecule has 0 radical (unpaired) electrons. The lowest BCUT2D eigenvalue weighted by molar-refractivity contribution is 0.970. The van der Waals surface area contributed by atoms with Gasteiger partial charge in [0.2, 0.25) is 5.13 Å². The van der Waals surface area contributed by atoms with E-state index in [0.29, 0.717) is 15.1 Å². The quantitative estimate of drug-likeness (QED) is 0.937. The second-order valence-electron chi connectivity index (χ2n) is 3.49. The molecule has 0 spiro atoms. The number of nitrogens with zero attached hydrogens (tertiary/aromatic N) is 4. The lowest BCUT2D eigenvalue weighted by Crippen LogP contribution is -2.07. The van der Waals surface area contributed by atoms with Crippen LogP contribution in [0.3, 0.4) is 0 Å². The Hall–Kier alpha value is -0.760. The van der Waals surface area contributed by atoms with E-state index >= 15 is 0 Å². The molecule has 2 rings (SSSR count). The predicted octanol–water partition coefficient (Wildman–Crippen LogP) is 3.04. The maximum Gasteiger partial charge on any atom is 0.208 e. The fraction of sp³-hybridized carbons (Fsp3) is 0.222. The van der Waals surface area contributed by atoms with Crippen LogP contribution in [0, 0.1) is 0 Å². The smallest absolute Gasteiger partial charge is 0.208 e. The molecule has 0 atom stereocenters. The van der Waals surface area contributed by atoms with Crippen molar-refractivity contribution in [3.8, 4) is 0 Å². The molecule has 0 aromatic carbocycles. The molecule has 18 heavy (non-hydrogen) atoms. The first-order chi connectivity index (χ1) is 8.47. The number of halogens is 2. The van der Waals surface area contributed by atoms with Gasteiger partial charge in [0, 0.05) is 14.1 Å². The van der Waals surface area contributed by atoms with Crippen LogP contribution in [0.4, 0.5) is 10.9 Å². The zero-order valence-electron chi connectivity index (χ0n) is 9.52. The standard InChI is InChI=1S/C9H9Cl2N5S2/c1-16(2)8-14-15-9(18-8)17-7-5(11)3-4(10)6(12)13-7/h3H,1-2H3,(H2,12,13). The largest absolute Gasteiger partial charge is 0.382 e. The third-order valence-corrected chi connectivity index (χ3v) is 4.74. The van der Waals surface area contributed by atoms with Crippen LogP contribution in [0.1, 0.15) is 0 Å². The van der Waals surface area contributed by atoms with Crippen LogP contribution in [0.2, 0.25) is 10.0 Å². The maximum atomic E-state index is 6.04. The number of pyridine rings is 1. The van der Waals surface area contributed by atoms with E-state index in [4.69, 9.17) is 28.9 Å². The molecule has 0 unspecified atom stereocenters. The zero-order valence-corrected chi connectivity index (χ0v) is 12.7. The van der Waals surface area contributed by atoms with Crippen LogP contribution in [0.15, 0.2) is 15.4 Å². The van der Waals surface area contributed by atoms with Gasteiger partial charge in [0.1, 0.15) is 10.8 Å². The van der Waals surface area contributed by atoms with E-state index in [9.17, 15) is 0 Å². The number of rotatable bonds is 3. The van der Waals surface area contributed by atoms with Crippen LogP contribution in [0.5, 0.6) is 0 Å². The summed E-state index contributed by atoms with van der Waals surface area (Å²) in [5, 5.41) is 10.2. The molecular formula is C9H9Cl2N5S2. The van der Waals surface area contributed by atoms with E-state index in [-0.39, 0.29) is 5.82 Å². The van der Waals surface area contributed by atoms with Crippen LogP contribution >= 0.6 is 46.3 Å². The van der Waals surface area contributed by atoms with Gasteiger partial charge in [0.05, 0.1) is 10.0 Å². The van der Waals surface area contributed by atoms with Crippen molar-refractivity contribution in [2.75, 3.05) is 24.7 Å². The van der Waals surface area contributed by atoms with Gasteiger partial charge in [-0.05, 0) is 17.8 Å². The Morgan fingerprint density at radius 1 is 1.28 bits per heavy atom. The first-order valence-electron chi connectivity index (χ1n) is 4.77. The zero-order chi connectivity index (χ0) is 13.3. The summed E-state index contributed by atoms with van der Waals surface area (Å²) in [6, 6.07) is 1.57. The van der Waals surface area contributed by atoms with Crippen molar-refractivity contribution in [2.45, 2.75) is 9.37 Å². The van der Waals surface area contributed by atoms with Crippen molar-refractivity contribution in [3.05, 3.63) is 16.1 Å². The van der Waals surface area contributed by atoms with E-state index in [2.05, 4.69) is 15.2 Å². The topological polar surface area (TPSA) is 67.9 Å². The van der Waals surface area contributed by atoms with E-state index in [1.54, 1.807) is 6.07 Å². The summed E-state index contributed by atoms with van der Waals surface area (Å²) in [4.78, 5) is 6.01. The highest BCUT2D eigenvalue weighted by Crippen LogP contribution is 2.37. The molecule has 0 aliphatic heterocycles. The summed E-state index contributed by atoms with van der Waals surface area (Å²) in [6.45, 7) is 0. The highest BCUT2D eigenvalue weighted by molar-refractivity contribution is 8.01. The van der Waals surface area contributed by atoms with E-state index in [0.717, 1.165) is 9.47 Å². The molecule has 0 bridgehead atoms. The Morgan fingerprint density at radius 3 is 2.61 bits per heavy atom. The number of nitrogens with two attached hydrogens (primary N) is 1. The minimum atomic E-state index is 0.251. The Morgan fingerprint density at radius 2 is 2.00 bits per heavy atom. The summed E-state index contributed by atoms with van der Waals surface area (Å²) in [5.41, 5.74) is 5.64. The highest BCUT2D eigenvalue weighted by atomic mass is 35.5. The molecular weight excluding hydrogens is 313 g/mol.